The highest BCUT2D eigenvalue weighted by Crippen LogP contribution is 2.32. The summed E-state index contributed by atoms with van der Waals surface area (Å²) in [6.07, 6.45) is 0. The average Bonchev–Trinajstić information content (AvgIpc) is 2.76. The predicted octanol–water partition coefficient (Wildman–Crippen LogP) is 4.36. The molecule has 3 rings (SSSR count). The summed E-state index contributed by atoms with van der Waals surface area (Å²) in [5.41, 5.74) is 2.67. The molecule has 3 aromatic rings. The number of nitro benzene ring substituents is 1. The van der Waals surface area contributed by atoms with Crippen molar-refractivity contribution in [3.63, 3.8) is 0 Å². The molecule has 9 nitrogen and oxygen atoms in total. The van der Waals surface area contributed by atoms with Crippen molar-refractivity contribution in [2.24, 2.45) is 0 Å². The van der Waals surface area contributed by atoms with Gasteiger partial charge in [0.05, 0.1) is 17.7 Å². The van der Waals surface area contributed by atoms with Crippen LogP contribution >= 0.6 is 0 Å². The molecule has 34 heavy (non-hydrogen) atoms. The molecule has 0 saturated carbocycles. The molecule has 0 aliphatic heterocycles. The van der Waals surface area contributed by atoms with Gasteiger partial charge in [-0.05, 0) is 67.8 Å². The van der Waals surface area contributed by atoms with E-state index < -0.39 is 27.4 Å². The first-order valence-corrected chi connectivity index (χ1v) is 11.8. The SMILES string of the molecule is COc1ccc(C)cc1S(=O)(=O)N(CC(=O)Nc1cccc([N+](=O)[O-])c1)c1cc(C)cc(C)c1. The zero-order valence-corrected chi connectivity index (χ0v) is 20.0. The standard InChI is InChI=1S/C24H25N3O6S/c1-16-8-9-22(33-4)23(13-16)34(31,32)26(21-11-17(2)10-18(3)12-21)15-24(28)25-19-6-5-7-20(14-19)27(29)30/h5-14H,15H2,1-4H3,(H,25,28). The molecule has 0 heterocycles. The Morgan fingerprint density at radius 1 is 1.00 bits per heavy atom. The fourth-order valence-electron chi connectivity index (χ4n) is 3.54. The molecule has 1 amide bonds. The molecule has 0 saturated heterocycles. The summed E-state index contributed by atoms with van der Waals surface area (Å²) in [6.45, 7) is 4.87. The Balaban J connectivity index is 2.05. The van der Waals surface area contributed by atoms with Crippen molar-refractivity contribution in [2.75, 3.05) is 23.3 Å². The number of hydrogen-bond donors (Lipinski definition) is 1. The smallest absolute Gasteiger partial charge is 0.271 e. The van der Waals surface area contributed by atoms with Crippen molar-refractivity contribution >= 4 is 33.0 Å². The zero-order valence-electron chi connectivity index (χ0n) is 19.2. The van der Waals surface area contributed by atoms with E-state index >= 15 is 0 Å². The van der Waals surface area contributed by atoms with Crippen molar-refractivity contribution in [3.8, 4) is 5.75 Å². The summed E-state index contributed by atoms with van der Waals surface area (Å²) in [7, 11) is -2.85. The number of carbonyl (C=O) groups excluding carboxylic acids is 1. The van der Waals surface area contributed by atoms with E-state index in [9.17, 15) is 23.3 Å². The Morgan fingerprint density at radius 2 is 1.68 bits per heavy atom. The van der Waals surface area contributed by atoms with E-state index in [1.165, 1.54) is 37.4 Å². The van der Waals surface area contributed by atoms with E-state index in [2.05, 4.69) is 5.32 Å². The summed E-state index contributed by atoms with van der Waals surface area (Å²) in [5.74, 6) is -0.506. The fraction of sp³-hybridized carbons (Fsp3) is 0.208. The van der Waals surface area contributed by atoms with Crippen LogP contribution in [0, 0.1) is 30.9 Å². The molecule has 3 aromatic carbocycles. The van der Waals surface area contributed by atoms with Crippen LogP contribution in [0.5, 0.6) is 5.75 Å². The van der Waals surface area contributed by atoms with Crippen molar-refractivity contribution in [1.82, 2.24) is 0 Å². The topological polar surface area (TPSA) is 119 Å². The summed E-state index contributed by atoms with van der Waals surface area (Å²) in [4.78, 5) is 23.3. The molecular weight excluding hydrogens is 458 g/mol. The van der Waals surface area contributed by atoms with Crippen LogP contribution in [0.4, 0.5) is 17.1 Å². The summed E-state index contributed by atoms with van der Waals surface area (Å²) in [5, 5.41) is 13.6. The monoisotopic (exact) mass is 483 g/mol. The van der Waals surface area contributed by atoms with E-state index in [4.69, 9.17) is 4.74 Å². The number of nitrogens with one attached hydrogen (secondary N) is 1. The van der Waals surface area contributed by atoms with Crippen molar-refractivity contribution in [1.29, 1.82) is 0 Å². The Kier molecular flexibility index (Phi) is 7.21. The number of aryl methyl sites for hydroxylation is 3. The number of rotatable bonds is 8. The largest absolute Gasteiger partial charge is 0.495 e. The lowest BCUT2D eigenvalue weighted by Crippen LogP contribution is -2.38. The van der Waals surface area contributed by atoms with Gasteiger partial charge in [-0.15, -0.1) is 0 Å². The number of nitrogens with zero attached hydrogens (tertiary/aromatic N) is 2. The highest BCUT2D eigenvalue weighted by atomic mass is 32.2. The highest BCUT2D eigenvalue weighted by molar-refractivity contribution is 7.93. The van der Waals surface area contributed by atoms with Gasteiger partial charge in [0.2, 0.25) is 5.91 Å². The van der Waals surface area contributed by atoms with E-state index in [1.807, 2.05) is 19.9 Å². The molecule has 0 aliphatic rings. The summed E-state index contributed by atoms with van der Waals surface area (Å²) in [6, 6.07) is 15.4. The average molecular weight is 484 g/mol. The fourth-order valence-corrected chi connectivity index (χ4v) is 5.19. The number of amides is 1. The van der Waals surface area contributed by atoms with Gasteiger partial charge in [0.1, 0.15) is 17.2 Å². The van der Waals surface area contributed by atoms with Crippen LogP contribution in [0.15, 0.2) is 65.6 Å². The number of nitro groups is 1. The minimum absolute atomic E-state index is 0.0719. The second kappa shape index (κ2) is 9.92. The van der Waals surface area contributed by atoms with Crippen molar-refractivity contribution in [2.45, 2.75) is 25.7 Å². The van der Waals surface area contributed by atoms with Crippen molar-refractivity contribution in [3.05, 3.63) is 87.5 Å². The first kappa shape index (κ1) is 24.7. The number of carbonyl (C=O) groups is 1. The molecule has 0 bridgehead atoms. The van der Waals surface area contributed by atoms with Crippen LogP contribution in [0.1, 0.15) is 16.7 Å². The van der Waals surface area contributed by atoms with Gasteiger partial charge < -0.3 is 10.1 Å². The Morgan fingerprint density at radius 3 is 2.29 bits per heavy atom. The molecule has 178 valence electrons. The number of sulfonamides is 1. The third kappa shape index (κ3) is 5.52. The van der Waals surface area contributed by atoms with E-state index in [0.717, 1.165) is 15.4 Å². The molecule has 10 heteroatoms. The third-order valence-electron chi connectivity index (χ3n) is 5.01. The second-order valence-electron chi connectivity index (χ2n) is 7.87. The van der Waals surface area contributed by atoms with Gasteiger partial charge in [-0.2, -0.15) is 0 Å². The van der Waals surface area contributed by atoms with Gasteiger partial charge >= 0.3 is 0 Å². The van der Waals surface area contributed by atoms with Gasteiger partial charge in [0, 0.05) is 17.8 Å². The summed E-state index contributed by atoms with van der Waals surface area (Å²) >= 11 is 0. The van der Waals surface area contributed by atoms with Crippen LogP contribution in [0.3, 0.4) is 0 Å². The molecule has 0 spiro atoms. The predicted molar refractivity (Wildman–Crippen MR) is 130 cm³/mol. The normalized spacial score (nSPS) is 11.1. The van der Waals surface area contributed by atoms with E-state index in [-0.39, 0.29) is 22.0 Å². The number of methoxy groups -OCH3 is 1. The van der Waals surface area contributed by atoms with E-state index in [1.54, 1.807) is 31.2 Å². The van der Waals surface area contributed by atoms with E-state index in [0.29, 0.717) is 11.3 Å². The molecule has 1 N–H and O–H groups in total. The first-order valence-electron chi connectivity index (χ1n) is 10.3. The van der Waals surface area contributed by atoms with Gasteiger partial charge in [-0.1, -0.05) is 18.2 Å². The lowest BCUT2D eigenvalue weighted by Gasteiger charge is -2.26. The van der Waals surface area contributed by atoms with Crippen LogP contribution < -0.4 is 14.4 Å². The first-order chi connectivity index (χ1) is 16.0. The summed E-state index contributed by atoms with van der Waals surface area (Å²) < 4.78 is 33.9. The Hall–Kier alpha value is -3.92. The molecule has 0 radical (unpaired) electrons. The van der Waals surface area contributed by atoms with Crippen LogP contribution in [-0.4, -0.2) is 32.9 Å². The number of anilines is 2. The highest BCUT2D eigenvalue weighted by Gasteiger charge is 2.30. The number of benzene rings is 3. The second-order valence-corrected chi connectivity index (χ2v) is 9.70. The maximum atomic E-state index is 13.8. The minimum Gasteiger partial charge on any atom is -0.495 e. The zero-order chi connectivity index (χ0) is 25.0. The quantitative estimate of drug-likeness (QED) is 0.376. The maximum Gasteiger partial charge on any atom is 0.271 e. The lowest BCUT2D eigenvalue weighted by molar-refractivity contribution is -0.384. The van der Waals surface area contributed by atoms with Crippen molar-refractivity contribution < 1.29 is 22.9 Å². The molecule has 0 aromatic heterocycles. The van der Waals surface area contributed by atoms with Crippen LogP contribution in [-0.2, 0) is 14.8 Å². The maximum absolute atomic E-state index is 13.8. The van der Waals surface area contributed by atoms with Crippen LogP contribution in [0.25, 0.3) is 0 Å². The molecule has 0 fully saturated rings. The Labute approximate surface area is 198 Å². The lowest BCUT2D eigenvalue weighted by atomic mass is 10.1. The number of hydrogen-bond acceptors (Lipinski definition) is 6. The molecule has 0 aliphatic carbocycles. The van der Waals surface area contributed by atoms with Gasteiger partial charge in [-0.25, -0.2) is 8.42 Å². The number of ether oxygens (including phenoxy) is 1. The van der Waals surface area contributed by atoms with Crippen LogP contribution in [0.2, 0.25) is 0 Å². The third-order valence-corrected chi connectivity index (χ3v) is 6.80. The molecule has 0 unspecified atom stereocenters. The molecule has 0 atom stereocenters. The van der Waals surface area contributed by atoms with Gasteiger partial charge in [0.15, 0.2) is 0 Å². The molecular formula is C24H25N3O6S. The minimum atomic E-state index is -4.22. The Bertz CT molecular complexity index is 1330. The van der Waals surface area contributed by atoms with Gasteiger partial charge in [-0.3, -0.25) is 19.2 Å². The number of non-ortho nitro benzene ring substituents is 1. The van der Waals surface area contributed by atoms with Gasteiger partial charge in [0.25, 0.3) is 15.7 Å².